The molecule has 0 saturated carbocycles. The van der Waals surface area contributed by atoms with Crippen LogP contribution in [0.15, 0.2) is 12.5 Å². The summed E-state index contributed by atoms with van der Waals surface area (Å²) in [4.78, 5) is 56.8. The number of carboxylic acid groups (broad SMARTS) is 1. The predicted molar refractivity (Wildman–Crippen MR) is 128 cm³/mol. The first-order valence-corrected chi connectivity index (χ1v) is 11.8. The Morgan fingerprint density at radius 3 is 2.23 bits per heavy atom. The number of rotatable bonds is 16. The Bertz CT molecular complexity index is 817. The summed E-state index contributed by atoms with van der Waals surface area (Å²) in [6.07, 6.45) is 3.45. The molecule has 1 aromatic heterocycles. The number of carboxylic acids is 1. The molecular formula is C22H39N7O6. The van der Waals surface area contributed by atoms with Crippen LogP contribution < -0.4 is 27.4 Å². The molecule has 0 bridgehead atoms. The zero-order valence-corrected chi connectivity index (χ0v) is 20.5. The number of nitrogens with zero attached hydrogens (tertiary/aromatic N) is 1. The molecule has 0 spiro atoms. The summed E-state index contributed by atoms with van der Waals surface area (Å²) in [5.41, 5.74) is 11.9. The molecule has 35 heavy (non-hydrogen) atoms. The second kappa shape index (κ2) is 15.1. The Balaban J connectivity index is 3.01. The number of nitrogens with two attached hydrogens (primary N) is 2. The van der Waals surface area contributed by atoms with Crippen molar-refractivity contribution < 1.29 is 29.4 Å². The van der Waals surface area contributed by atoms with Crippen molar-refractivity contribution in [2.75, 3.05) is 6.54 Å². The monoisotopic (exact) mass is 497 g/mol. The average Bonchev–Trinajstić information content (AvgIpc) is 3.32. The van der Waals surface area contributed by atoms with Gasteiger partial charge in [0.25, 0.3) is 0 Å². The number of H-pyrrole nitrogens is 1. The molecule has 13 nitrogen and oxygen atoms in total. The van der Waals surface area contributed by atoms with Gasteiger partial charge in [-0.15, -0.1) is 0 Å². The third-order valence-corrected chi connectivity index (χ3v) is 5.80. The maximum atomic E-state index is 13.0. The van der Waals surface area contributed by atoms with E-state index in [2.05, 4.69) is 25.9 Å². The van der Waals surface area contributed by atoms with Crippen LogP contribution in [0, 0.1) is 5.92 Å². The molecule has 0 aliphatic heterocycles. The summed E-state index contributed by atoms with van der Waals surface area (Å²) in [5.74, 6) is -3.53. The Kier molecular flexibility index (Phi) is 12.9. The van der Waals surface area contributed by atoms with Gasteiger partial charge >= 0.3 is 5.97 Å². The van der Waals surface area contributed by atoms with Gasteiger partial charge < -0.3 is 42.6 Å². The topological polar surface area (TPSA) is 226 Å². The number of unbranched alkanes of at least 4 members (excludes halogenated alkanes) is 1. The van der Waals surface area contributed by atoms with E-state index in [0.717, 1.165) is 0 Å². The van der Waals surface area contributed by atoms with Crippen LogP contribution in [0.1, 0.15) is 52.1 Å². The van der Waals surface area contributed by atoms with Gasteiger partial charge in [-0.2, -0.15) is 0 Å². The minimum absolute atomic E-state index is 0.0282. The lowest BCUT2D eigenvalue weighted by Gasteiger charge is -2.27. The van der Waals surface area contributed by atoms with Gasteiger partial charge in [-0.1, -0.05) is 20.3 Å². The number of aromatic nitrogens is 2. The normalized spacial score (nSPS) is 16.3. The Morgan fingerprint density at radius 1 is 1.06 bits per heavy atom. The van der Waals surface area contributed by atoms with Crippen LogP contribution in [0.25, 0.3) is 0 Å². The van der Waals surface area contributed by atoms with Crippen molar-refractivity contribution in [1.82, 2.24) is 25.9 Å². The Hall–Kier alpha value is -3.03. The van der Waals surface area contributed by atoms with Crippen molar-refractivity contribution in [3.63, 3.8) is 0 Å². The van der Waals surface area contributed by atoms with E-state index in [1.807, 2.05) is 6.92 Å². The molecule has 6 atom stereocenters. The van der Waals surface area contributed by atoms with Crippen molar-refractivity contribution in [2.24, 2.45) is 17.4 Å². The fourth-order valence-electron chi connectivity index (χ4n) is 3.28. The molecule has 1 heterocycles. The van der Waals surface area contributed by atoms with Crippen LogP contribution in [-0.4, -0.2) is 80.7 Å². The van der Waals surface area contributed by atoms with Gasteiger partial charge in [0, 0.05) is 18.3 Å². The van der Waals surface area contributed by atoms with E-state index in [9.17, 15) is 29.4 Å². The largest absolute Gasteiger partial charge is 0.480 e. The maximum absolute atomic E-state index is 13.0. The first-order chi connectivity index (χ1) is 16.5. The van der Waals surface area contributed by atoms with Crippen molar-refractivity contribution in [1.29, 1.82) is 0 Å². The Morgan fingerprint density at radius 2 is 1.71 bits per heavy atom. The van der Waals surface area contributed by atoms with Crippen molar-refractivity contribution >= 4 is 23.7 Å². The zero-order chi connectivity index (χ0) is 26.5. The highest BCUT2D eigenvalue weighted by molar-refractivity contribution is 5.94. The lowest BCUT2D eigenvalue weighted by atomic mass is 9.98. The molecule has 0 fully saturated rings. The molecule has 3 amide bonds. The fourth-order valence-corrected chi connectivity index (χ4v) is 3.28. The van der Waals surface area contributed by atoms with Crippen LogP contribution >= 0.6 is 0 Å². The molecule has 6 unspecified atom stereocenters. The minimum Gasteiger partial charge on any atom is -0.480 e. The van der Waals surface area contributed by atoms with Gasteiger partial charge in [0.15, 0.2) is 0 Å². The number of aliphatic hydroxyl groups is 1. The zero-order valence-electron chi connectivity index (χ0n) is 20.5. The molecule has 0 saturated heterocycles. The van der Waals surface area contributed by atoms with Crippen LogP contribution in [0.2, 0.25) is 0 Å². The van der Waals surface area contributed by atoms with E-state index in [4.69, 9.17) is 11.5 Å². The number of nitrogens with one attached hydrogen (secondary N) is 4. The fraction of sp³-hybridized carbons (Fsp3) is 0.682. The van der Waals surface area contributed by atoms with Gasteiger partial charge in [-0.25, -0.2) is 9.78 Å². The quantitative estimate of drug-likeness (QED) is 0.123. The van der Waals surface area contributed by atoms with Gasteiger partial charge in [0.2, 0.25) is 17.7 Å². The van der Waals surface area contributed by atoms with E-state index in [0.29, 0.717) is 31.5 Å². The van der Waals surface area contributed by atoms with Crippen LogP contribution in [-0.2, 0) is 25.6 Å². The van der Waals surface area contributed by atoms with Crippen LogP contribution in [0.3, 0.4) is 0 Å². The number of aliphatic carboxylic acids is 1. The molecule has 13 heteroatoms. The number of carbonyl (C=O) groups is 4. The summed E-state index contributed by atoms with van der Waals surface area (Å²) in [6, 6.07) is -4.64. The van der Waals surface area contributed by atoms with Gasteiger partial charge in [-0.05, 0) is 38.6 Å². The van der Waals surface area contributed by atoms with E-state index in [-0.39, 0.29) is 18.8 Å². The summed E-state index contributed by atoms with van der Waals surface area (Å²) in [6.45, 7) is 5.38. The lowest BCUT2D eigenvalue weighted by Crippen LogP contribution is -2.60. The molecule has 0 radical (unpaired) electrons. The van der Waals surface area contributed by atoms with Crippen LogP contribution in [0.4, 0.5) is 0 Å². The van der Waals surface area contributed by atoms with E-state index in [1.165, 1.54) is 19.4 Å². The van der Waals surface area contributed by atoms with E-state index < -0.39 is 54.0 Å². The number of amides is 3. The maximum Gasteiger partial charge on any atom is 0.326 e. The van der Waals surface area contributed by atoms with Crippen molar-refractivity contribution in [3.8, 4) is 0 Å². The second-order valence-corrected chi connectivity index (χ2v) is 8.66. The van der Waals surface area contributed by atoms with Gasteiger partial charge in [0.05, 0.1) is 18.5 Å². The SMILES string of the molecule is CCC(C)C(N)C(=O)NC(C(=O)NC(Cc1cnc[nH]1)C(=O)NC(CCCCN)C(=O)O)C(C)O. The molecule has 10 N–H and O–H groups in total. The second-order valence-electron chi connectivity index (χ2n) is 8.66. The van der Waals surface area contributed by atoms with Crippen LogP contribution in [0.5, 0.6) is 0 Å². The highest BCUT2D eigenvalue weighted by Gasteiger charge is 2.33. The molecular weight excluding hydrogens is 458 g/mol. The first-order valence-electron chi connectivity index (χ1n) is 11.8. The number of imidazole rings is 1. The number of aromatic amines is 1. The third-order valence-electron chi connectivity index (χ3n) is 5.80. The number of hydrogen-bond acceptors (Lipinski definition) is 8. The molecule has 0 aromatic carbocycles. The molecule has 1 rings (SSSR count). The molecule has 198 valence electrons. The van der Waals surface area contributed by atoms with Gasteiger partial charge in [0.1, 0.15) is 18.1 Å². The Labute approximate surface area is 204 Å². The van der Waals surface area contributed by atoms with Gasteiger partial charge in [-0.3, -0.25) is 14.4 Å². The highest BCUT2D eigenvalue weighted by atomic mass is 16.4. The third kappa shape index (κ3) is 10.0. The van der Waals surface area contributed by atoms with Crippen molar-refractivity contribution in [2.45, 2.75) is 83.1 Å². The summed E-state index contributed by atoms with van der Waals surface area (Å²) in [7, 11) is 0. The molecule has 1 aromatic rings. The summed E-state index contributed by atoms with van der Waals surface area (Å²) >= 11 is 0. The summed E-state index contributed by atoms with van der Waals surface area (Å²) < 4.78 is 0. The lowest BCUT2D eigenvalue weighted by molar-refractivity contribution is -0.142. The van der Waals surface area contributed by atoms with E-state index in [1.54, 1.807) is 6.92 Å². The highest BCUT2D eigenvalue weighted by Crippen LogP contribution is 2.08. The molecule has 0 aliphatic rings. The smallest absolute Gasteiger partial charge is 0.326 e. The first kappa shape index (κ1) is 30.0. The van der Waals surface area contributed by atoms with Crippen molar-refractivity contribution in [3.05, 3.63) is 18.2 Å². The average molecular weight is 498 g/mol. The summed E-state index contributed by atoms with van der Waals surface area (Å²) in [5, 5.41) is 27.0. The van der Waals surface area contributed by atoms with E-state index >= 15 is 0 Å². The number of carbonyl (C=O) groups excluding carboxylic acids is 3. The number of aliphatic hydroxyl groups excluding tert-OH is 1. The standard InChI is InChI=1S/C22H39N7O6/c1-4-12(2)17(24)20(32)29-18(13(3)30)21(33)28-16(9-14-10-25-11-26-14)19(31)27-15(22(34)35)7-5-6-8-23/h10-13,15-18,30H,4-9,23-24H2,1-3H3,(H,25,26)(H,27,31)(H,28,33)(H,29,32)(H,34,35). The number of hydrogen-bond donors (Lipinski definition) is 8. The molecule has 0 aliphatic carbocycles. The predicted octanol–water partition coefficient (Wildman–Crippen LogP) is -1.63. The minimum atomic E-state index is -1.38.